The number of aliphatic hydroxyl groups is 3. The summed E-state index contributed by atoms with van der Waals surface area (Å²) in [5, 5.41) is 42.4. The lowest BCUT2D eigenvalue weighted by Crippen LogP contribution is -2.64. The molecule has 9 atom stereocenters. The first kappa shape index (κ1) is 36.3. The number of hydrogen-bond acceptors (Lipinski definition) is 17. The SMILES string of the molecule is CC(=O)OC[C@H]1O[C@@](COC(C)=O)(O[C@H]2O[C@H](COC(C)=O)[C@@H](O)[C@H](O)[C@H]2OC(C)=O)[C@@H](OC(=O)C=Cc2cccc(O)c2)[C@@H]1O. The van der Waals surface area contributed by atoms with Crippen LogP contribution < -0.4 is 0 Å². The Bertz CT molecular complexity index is 1290. The van der Waals surface area contributed by atoms with Gasteiger partial charge in [-0.15, -0.1) is 0 Å². The minimum Gasteiger partial charge on any atom is -0.508 e. The lowest BCUT2D eigenvalue weighted by Gasteiger charge is -2.44. The summed E-state index contributed by atoms with van der Waals surface area (Å²) < 4.78 is 43.3. The average Bonchev–Trinajstić information content (AvgIpc) is 3.22. The van der Waals surface area contributed by atoms with Crippen molar-refractivity contribution in [1.82, 2.24) is 0 Å². The van der Waals surface area contributed by atoms with Crippen molar-refractivity contribution >= 4 is 35.9 Å². The van der Waals surface area contributed by atoms with Crippen LogP contribution in [0.25, 0.3) is 6.08 Å². The molecule has 2 aliphatic heterocycles. The van der Waals surface area contributed by atoms with E-state index in [4.69, 9.17) is 37.9 Å². The van der Waals surface area contributed by atoms with Crippen molar-refractivity contribution in [3.05, 3.63) is 35.9 Å². The fraction of sp³-hybridized carbons (Fsp3) is 0.552. The monoisotopic (exact) mass is 656 g/mol. The number of esters is 5. The van der Waals surface area contributed by atoms with Crippen LogP contribution >= 0.6 is 0 Å². The van der Waals surface area contributed by atoms with Gasteiger partial charge in [0.05, 0.1) is 0 Å². The number of ether oxygens (including phenoxy) is 8. The Morgan fingerprint density at radius 1 is 0.826 bits per heavy atom. The molecule has 0 aliphatic carbocycles. The van der Waals surface area contributed by atoms with Crippen LogP contribution in [0.4, 0.5) is 0 Å². The van der Waals surface area contributed by atoms with Crippen LogP contribution in [0.5, 0.6) is 5.75 Å². The highest BCUT2D eigenvalue weighted by atomic mass is 16.8. The first-order valence-corrected chi connectivity index (χ1v) is 13.9. The van der Waals surface area contributed by atoms with Crippen molar-refractivity contribution in [2.75, 3.05) is 19.8 Å². The third-order valence-electron chi connectivity index (χ3n) is 6.64. The number of aliphatic hydroxyl groups excluding tert-OH is 3. The summed E-state index contributed by atoms with van der Waals surface area (Å²) in [6, 6.07) is 5.86. The van der Waals surface area contributed by atoms with E-state index >= 15 is 0 Å². The molecular weight excluding hydrogens is 620 g/mol. The summed E-state index contributed by atoms with van der Waals surface area (Å²) in [6.45, 7) is 2.11. The number of aromatic hydroxyl groups is 1. The number of benzene rings is 1. The summed E-state index contributed by atoms with van der Waals surface area (Å²) in [5.74, 6) is -6.97. The Hall–Kier alpha value is -4.13. The van der Waals surface area contributed by atoms with Crippen LogP contribution in [0, 0.1) is 0 Å². The molecule has 254 valence electrons. The van der Waals surface area contributed by atoms with Gasteiger partial charge in [-0.3, -0.25) is 19.2 Å². The molecule has 0 bridgehead atoms. The van der Waals surface area contributed by atoms with Crippen LogP contribution in [0.3, 0.4) is 0 Å². The van der Waals surface area contributed by atoms with E-state index in [1.165, 1.54) is 24.3 Å². The molecule has 2 aliphatic rings. The van der Waals surface area contributed by atoms with Gasteiger partial charge in [-0.05, 0) is 23.8 Å². The smallest absolute Gasteiger partial charge is 0.331 e. The fourth-order valence-corrected chi connectivity index (χ4v) is 4.60. The van der Waals surface area contributed by atoms with E-state index in [-0.39, 0.29) is 5.75 Å². The highest BCUT2D eigenvalue weighted by Crippen LogP contribution is 2.39. The standard InChI is InChI=1S/C29H36O17/c1-14(30)39-11-20-23(36)25(38)26(42-17(4)33)28(43-20)46-29(13-41-16(3)32)27(24(37)21(45-29)12-40-15(2)31)44-22(35)9-8-18-6-5-7-19(34)10-18/h5-10,20-21,23-28,34,36-38H,11-13H2,1-4H3/t20-,21-,23-,24-,25+,26-,27+,28-,29+/m1/s1. The Morgan fingerprint density at radius 3 is 2.04 bits per heavy atom. The quantitative estimate of drug-likeness (QED) is 0.118. The van der Waals surface area contributed by atoms with E-state index in [1.54, 1.807) is 6.07 Å². The zero-order valence-corrected chi connectivity index (χ0v) is 25.3. The van der Waals surface area contributed by atoms with Gasteiger partial charge in [-0.2, -0.15) is 0 Å². The van der Waals surface area contributed by atoms with Crippen LogP contribution in [0.15, 0.2) is 30.3 Å². The third-order valence-corrected chi connectivity index (χ3v) is 6.64. The van der Waals surface area contributed by atoms with E-state index in [9.17, 15) is 44.4 Å². The molecule has 3 rings (SSSR count). The molecule has 2 heterocycles. The number of phenols is 1. The molecule has 1 aromatic carbocycles. The summed E-state index contributed by atoms with van der Waals surface area (Å²) in [4.78, 5) is 59.8. The lowest BCUT2D eigenvalue weighted by molar-refractivity contribution is -0.384. The summed E-state index contributed by atoms with van der Waals surface area (Å²) in [5.41, 5.74) is 0.404. The fourth-order valence-electron chi connectivity index (χ4n) is 4.60. The lowest BCUT2D eigenvalue weighted by atomic mass is 9.98. The Morgan fingerprint density at radius 2 is 1.46 bits per heavy atom. The van der Waals surface area contributed by atoms with Gasteiger partial charge in [0.15, 0.2) is 12.2 Å². The van der Waals surface area contributed by atoms with Crippen molar-refractivity contribution in [3.63, 3.8) is 0 Å². The Balaban J connectivity index is 2.02. The van der Waals surface area contributed by atoms with E-state index in [1.807, 2.05) is 0 Å². The number of carbonyl (C=O) groups is 5. The topological polar surface area (TPSA) is 240 Å². The van der Waals surface area contributed by atoms with Crippen LogP contribution in [-0.2, 0) is 61.9 Å². The normalized spacial score (nSPS) is 30.8. The third kappa shape index (κ3) is 9.68. The molecule has 17 nitrogen and oxygen atoms in total. The van der Waals surface area contributed by atoms with Gasteiger partial charge in [0.25, 0.3) is 0 Å². The first-order valence-electron chi connectivity index (χ1n) is 13.9. The van der Waals surface area contributed by atoms with Gasteiger partial charge in [-0.1, -0.05) is 12.1 Å². The van der Waals surface area contributed by atoms with Crippen LogP contribution in [-0.4, -0.2) is 125 Å². The van der Waals surface area contributed by atoms with E-state index in [0.717, 1.165) is 33.8 Å². The molecule has 2 fully saturated rings. The largest absolute Gasteiger partial charge is 0.508 e. The predicted molar refractivity (Wildman–Crippen MR) is 148 cm³/mol. The molecule has 0 spiro atoms. The minimum absolute atomic E-state index is 0.0774. The number of carbonyl (C=O) groups excluding carboxylic acids is 5. The van der Waals surface area contributed by atoms with Gasteiger partial charge < -0.3 is 58.3 Å². The zero-order valence-electron chi connectivity index (χ0n) is 25.3. The van der Waals surface area contributed by atoms with Gasteiger partial charge >= 0.3 is 29.8 Å². The van der Waals surface area contributed by atoms with E-state index in [0.29, 0.717) is 5.56 Å². The van der Waals surface area contributed by atoms with Crippen molar-refractivity contribution in [3.8, 4) is 5.75 Å². The van der Waals surface area contributed by atoms with E-state index < -0.39 is 104 Å². The summed E-state index contributed by atoms with van der Waals surface area (Å²) in [7, 11) is 0. The van der Waals surface area contributed by atoms with Gasteiger partial charge in [-0.25, -0.2) is 4.79 Å². The van der Waals surface area contributed by atoms with Gasteiger partial charge in [0, 0.05) is 33.8 Å². The molecule has 0 aromatic heterocycles. The van der Waals surface area contributed by atoms with Crippen molar-refractivity contribution in [1.29, 1.82) is 0 Å². The minimum atomic E-state index is -2.48. The molecule has 2 saturated heterocycles. The number of rotatable bonds is 12. The van der Waals surface area contributed by atoms with Gasteiger partial charge in [0.1, 0.15) is 56.1 Å². The maximum absolute atomic E-state index is 13.0. The molecule has 0 saturated carbocycles. The molecule has 0 amide bonds. The molecule has 46 heavy (non-hydrogen) atoms. The Kier molecular flexibility index (Phi) is 12.6. The average molecular weight is 657 g/mol. The summed E-state index contributed by atoms with van der Waals surface area (Å²) in [6.07, 6.45) is -11.7. The second-order valence-electron chi connectivity index (χ2n) is 10.3. The highest BCUT2D eigenvalue weighted by molar-refractivity contribution is 5.87. The zero-order chi connectivity index (χ0) is 34.2. The van der Waals surface area contributed by atoms with Crippen molar-refractivity contribution in [2.24, 2.45) is 0 Å². The number of hydrogen-bond donors (Lipinski definition) is 4. The molecule has 4 N–H and O–H groups in total. The molecule has 0 unspecified atom stereocenters. The predicted octanol–water partition coefficient (Wildman–Crippen LogP) is -1.14. The Labute approximate surface area is 262 Å². The van der Waals surface area contributed by atoms with Crippen LogP contribution in [0.1, 0.15) is 33.3 Å². The van der Waals surface area contributed by atoms with Crippen molar-refractivity contribution < 1.29 is 82.3 Å². The van der Waals surface area contributed by atoms with Gasteiger partial charge in [0.2, 0.25) is 12.1 Å². The molecular formula is C29H36O17. The second-order valence-corrected chi connectivity index (χ2v) is 10.3. The maximum atomic E-state index is 13.0. The molecule has 17 heteroatoms. The highest BCUT2D eigenvalue weighted by Gasteiger charge is 2.62. The summed E-state index contributed by atoms with van der Waals surface area (Å²) >= 11 is 0. The molecule has 0 radical (unpaired) electrons. The number of phenolic OH excluding ortho intramolecular Hbond substituents is 1. The maximum Gasteiger partial charge on any atom is 0.331 e. The van der Waals surface area contributed by atoms with E-state index in [2.05, 4.69) is 0 Å². The second kappa shape index (κ2) is 15.9. The van der Waals surface area contributed by atoms with Crippen LogP contribution in [0.2, 0.25) is 0 Å². The van der Waals surface area contributed by atoms with Crippen molar-refractivity contribution in [2.45, 2.75) is 82.5 Å². The molecule has 1 aromatic rings. The first-order chi connectivity index (χ1) is 21.6.